The first-order valence-corrected chi connectivity index (χ1v) is 6.74. The monoisotopic (exact) mass is 233 g/mol. The summed E-state index contributed by atoms with van der Waals surface area (Å²) >= 11 is 0. The molecule has 1 aromatic rings. The second-order valence-electron chi connectivity index (χ2n) is 5.09. The van der Waals surface area contributed by atoms with Crippen LogP contribution in [0.3, 0.4) is 0 Å². The standard InChI is InChI=1S/C15H23NO/c1-3-5-10-15(4-2)11-13(16)12-8-6-7-9-14(12)17-15/h6-9,13H,3-5,10-11,16H2,1-2H3/t13-,15?/m1/s1. The molecule has 1 aliphatic heterocycles. The van der Waals surface area contributed by atoms with E-state index in [1.54, 1.807) is 0 Å². The number of fused-ring (bicyclic) bond motifs is 1. The summed E-state index contributed by atoms with van der Waals surface area (Å²) < 4.78 is 6.26. The highest BCUT2D eigenvalue weighted by Gasteiger charge is 2.37. The quantitative estimate of drug-likeness (QED) is 0.858. The number of nitrogens with two attached hydrogens (primary N) is 1. The smallest absolute Gasteiger partial charge is 0.124 e. The number of hydrogen-bond acceptors (Lipinski definition) is 2. The van der Waals surface area contributed by atoms with Crippen LogP contribution in [0.5, 0.6) is 5.75 Å². The first kappa shape index (κ1) is 12.4. The van der Waals surface area contributed by atoms with Gasteiger partial charge >= 0.3 is 0 Å². The van der Waals surface area contributed by atoms with E-state index in [-0.39, 0.29) is 11.6 Å². The Hall–Kier alpha value is -1.02. The van der Waals surface area contributed by atoms with Crippen LogP contribution in [0.25, 0.3) is 0 Å². The van der Waals surface area contributed by atoms with Gasteiger partial charge in [-0.25, -0.2) is 0 Å². The molecule has 94 valence electrons. The van der Waals surface area contributed by atoms with E-state index in [2.05, 4.69) is 19.9 Å². The van der Waals surface area contributed by atoms with Crippen LogP contribution >= 0.6 is 0 Å². The third-order valence-electron chi connectivity index (χ3n) is 3.87. The third-order valence-corrected chi connectivity index (χ3v) is 3.87. The minimum absolute atomic E-state index is 0.0379. The van der Waals surface area contributed by atoms with E-state index in [0.29, 0.717) is 0 Å². The molecule has 2 nitrogen and oxygen atoms in total. The number of ether oxygens (including phenoxy) is 1. The molecule has 1 aromatic carbocycles. The van der Waals surface area contributed by atoms with Crippen molar-refractivity contribution in [3.8, 4) is 5.75 Å². The normalized spacial score (nSPS) is 27.4. The Morgan fingerprint density at radius 2 is 2.12 bits per heavy atom. The molecule has 2 atom stereocenters. The maximum absolute atomic E-state index is 6.29. The first-order chi connectivity index (χ1) is 8.21. The van der Waals surface area contributed by atoms with Gasteiger partial charge in [0.05, 0.1) is 0 Å². The Morgan fingerprint density at radius 1 is 1.35 bits per heavy atom. The summed E-state index contributed by atoms with van der Waals surface area (Å²) in [6.45, 7) is 4.43. The number of hydrogen-bond donors (Lipinski definition) is 1. The molecule has 0 radical (unpaired) electrons. The topological polar surface area (TPSA) is 35.2 Å². The predicted molar refractivity (Wildman–Crippen MR) is 71.2 cm³/mol. The molecule has 1 heterocycles. The molecule has 0 aromatic heterocycles. The second-order valence-corrected chi connectivity index (χ2v) is 5.09. The maximum Gasteiger partial charge on any atom is 0.124 e. The average molecular weight is 233 g/mol. The minimum Gasteiger partial charge on any atom is -0.487 e. The fourth-order valence-corrected chi connectivity index (χ4v) is 2.71. The molecule has 0 saturated carbocycles. The number of rotatable bonds is 4. The number of unbranched alkanes of at least 4 members (excludes halogenated alkanes) is 1. The van der Waals surface area contributed by atoms with Gasteiger partial charge < -0.3 is 10.5 Å². The summed E-state index contributed by atoms with van der Waals surface area (Å²) in [7, 11) is 0. The lowest BCUT2D eigenvalue weighted by Gasteiger charge is -2.41. The third kappa shape index (κ3) is 2.47. The largest absolute Gasteiger partial charge is 0.487 e. The van der Waals surface area contributed by atoms with Crippen LogP contribution in [0.1, 0.15) is 57.6 Å². The molecule has 2 heteroatoms. The Labute approximate surface area is 104 Å². The van der Waals surface area contributed by atoms with E-state index in [0.717, 1.165) is 30.6 Å². The van der Waals surface area contributed by atoms with Crippen molar-refractivity contribution in [1.29, 1.82) is 0 Å². The van der Waals surface area contributed by atoms with Crippen molar-refractivity contribution in [3.05, 3.63) is 29.8 Å². The molecule has 0 saturated heterocycles. The van der Waals surface area contributed by atoms with Crippen molar-refractivity contribution < 1.29 is 4.74 Å². The maximum atomic E-state index is 6.29. The fourth-order valence-electron chi connectivity index (χ4n) is 2.71. The lowest BCUT2D eigenvalue weighted by atomic mass is 9.82. The van der Waals surface area contributed by atoms with Gasteiger partial charge in [0, 0.05) is 18.0 Å². The summed E-state index contributed by atoms with van der Waals surface area (Å²) in [6.07, 6.45) is 5.52. The molecule has 0 aliphatic carbocycles. The van der Waals surface area contributed by atoms with Crippen molar-refractivity contribution in [2.45, 2.75) is 57.6 Å². The lowest BCUT2D eigenvalue weighted by molar-refractivity contribution is 0.0217. The summed E-state index contributed by atoms with van der Waals surface area (Å²) in [5.41, 5.74) is 7.41. The van der Waals surface area contributed by atoms with Gasteiger partial charge in [-0.15, -0.1) is 0 Å². The summed E-state index contributed by atoms with van der Waals surface area (Å²) in [4.78, 5) is 0. The van der Waals surface area contributed by atoms with Gasteiger partial charge in [0.25, 0.3) is 0 Å². The van der Waals surface area contributed by atoms with Crippen LogP contribution in [0, 0.1) is 0 Å². The molecule has 0 spiro atoms. The Morgan fingerprint density at radius 3 is 2.82 bits per heavy atom. The van der Waals surface area contributed by atoms with Gasteiger partial charge in [0.1, 0.15) is 11.4 Å². The molecular weight excluding hydrogens is 210 g/mol. The highest BCUT2D eigenvalue weighted by Crippen LogP contribution is 2.42. The molecule has 0 amide bonds. The first-order valence-electron chi connectivity index (χ1n) is 6.74. The highest BCUT2D eigenvalue weighted by molar-refractivity contribution is 5.38. The van der Waals surface area contributed by atoms with Crippen molar-refractivity contribution >= 4 is 0 Å². The van der Waals surface area contributed by atoms with E-state index in [1.807, 2.05) is 18.2 Å². The summed E-state index contributed by atoms with van der Waals surface area (Å²) in [5.74, 6) is 0.990. The number of para-hydroxylation sites is 1. The van der Waals surface area contributed by atoms with Gasteiger partial charge in [0.2, 0.25) is 0 Å². The predicted octanol–water partition coefficient (Wildman–Crippen LogP) is 3.81. The van der Waals surface area contributed by atoms with E-state index >= 15 is 0 Å². The van der Waals surface area contributed by atoms with Gasteiger partial charge in [0.15, 0.2) is 0 Å². The zero-order chi connectivity index (χ0) is 12.3. The molecule has 1 aliphatic rings. The van der Waals surface area contributed by atoms with Crippen molar-refractivity contribution in [3.63, 3.8) is 0 Å². The number of benzene rings is 1. The molecule has 17 heavy (non-hydrogen) atoms. The minimum atomic E-state index is -0.0379. The van der Waals surface area contributed by atoms with E-state index in [4.69, 9.17) is 10.5 Å². The Balaban J connectivity index is 2.24. The lowest BCUT2D eigenvalue weighted by Crippen LogP contribution is -2.42. The van der Waals surface area contributed by atoms with Gasteiger partial charge in [-0.2, -0.15) is 0 Å². The summed E-state index contributed by atoms with van der Waals surface area (Å²) in [5, 5.41) is 0. The molecule has 0 bridgehead atoms. The van der Waals surface area contributed by atoms with E-state index in [9.17, 15) is 0 Å². The van der Waals surface area contributed by atoms with Gasteiger partial charge in [-0.1, -0.05) is 38.5 Å². The van der Waals surface area contributed by atoms with Crippen molar-refractivity contribution in [1.82, 2.24) is 0 Å². The Bertz CT molecular complexity index is 377. The highest BCUT2D eigenvalue weighted by atomic mass is 16.5. The van der Waals surface area contributed by atoms with E-state index < -0.39 is 0 Å². The van der Waals surface area contributed by atoms with Crippen LogP contribution in [0.2, 0.25) is 0 Å². The van der Waals surface area contributed by atoms with Crippen LogP contribution in [0.15, 0.2) is 24.3 Å². The Kier molecular flexibility index (Phi) is 3.72. The van der Waals surface area contributed by atoms with Crippen LogP contribution in [-0.2, 0) is 0 Å². The molecule has 1 unspecified atom stereocenters. The van der Waals surface area contributed by atoms with Crippen molar-refractivity contribution in [2.75, 3.05) is 0 Å². The average Bonchev–Trinajstić information content (AvgIpc) is 2.36. The van der Waals surface area contributed by atoms with E-state index in [1.165, 1.54) is 12.8 Å². The molecule has 0 fully saturated rings. The van der Waals surface area contributed by atoms with Crippen LogP contribution < -0.4 is 10.5 Å². The van der Waals surface area contributed by atoms with Gasteiger partial charge in [-0.05, 0) is 25.3 Å². The second kappa shape index (κ2) is 5.09. The van der Waals surface area contributed by atoms with Crippen molar-refractivity contribution in [2.24, 2.45) is 5.73 Å². The fraction of sp³-hybridized carbons (Fsp3) is 0.600. The molecular formula is C15H23NO. The molecule has 2 N–H and O–H groups in total. The zero-order valence-electron chi connectivity index (χ0n) is 10.9. The summed E-state index contributed by atoms with van der Waals surface area (Å²) in [6, 6.07) is 8.31. The zero-order valence-corrected chi connectivity index (χ0v) is 10.9. The van der Waals surface area contributed by atoms with Crippen LogP contribution in [-0.4, -0.2) is 5.60 Å². The SMILES string of the molecule is CCCCC1(CC)C[C@@H](N)c2ccccc2O1. The molecule has 2 rings (SSSR count). The van der Waals surface area contributed by atoms with Crippen LogP contribution in [0.4, 0.5) is 0 Å². The van der Waals surface area contributed by atoms with Gasteiger partial charge in [-0.3, -0.25) is 0 Å².